The first-order valence-corrected chi connectivity index (χ1v) is 7.22. The number of aromatic amines is 1. The van der Waals surface area contributed by atoms with Crippen molar-refractivity contribution in [3.8, 4) is 0 Å². The molecule has 1 aromatic carbocycles. The van der Waals surface area contributed by atoms with Gasteiger partial charge in [0.25, 0.3) is 5.91 Å². The zero-order valence-electron chi connectivity index (χ0n) is 11.1. The van der Waals surface area contributed by atoms with Crippen LogP contribution in [0.4, 0.5) is 0 Å². The third kappa shape index (κ3) is 2.39. The number of aromatic nitrogens is 1. The fourth-order valence-corrected chi connectivity index (χ4v) is 3.05. The van der Waals surface area contributed by atoms with Gasteiger partial charge in [0.05, 0.1) is 6.04 Å². The van der Waals surface area contributed by atoms with Crippen molar-refractivity contribution < 1.29 is 4.79 Å². The number of rotatable bonds is 2. The molecule has 1 fully saturated rings. The molecule has 3 nitrogen and oxygen atoms in total. The van der Waals surface area contributed by atoms with Crippen LogP contribution in [-0.4, -0.2) is 22.3 Å². The van der Waals surface area contributed by atoms with Crippen LogP contribution in [0.1, 0.15) is 34.8 Å². The van der Waals surface area contributed by atoms with Gasteiger partial charge in [0, 0.05) is 23.9 Å². The maximum atomic E-state index is 12.6. The van der Waals surface area contributed by atoms with E-state index >= 15 is 0 Å². The summed E-state index contributed by atoms with van der Waals surface area (Å²) < 4.78 is 0.727. The molecule has 1 aliphatic heterocycles. The molecule has 1 aliphatic rings. The first-order chi connectivity index (χ1) is 9.77. The average Bonchev–Trinajstić information content (AvgIpc) is 2.97. The smallest absolute Gasteiger partial charge is 0.254 e. The van der Waals surface area contributed by atoms with E-state index in [4.69, 9.17) is 12.2 Å². The summed E-state index contributed by atoms with van der Waals surface area (Å²) in [5, 5.41) is 0. The lowest BCUT2D eigenvalue weighted by atomic mass is 10.1. The number of H-pyrrole nitrogens is 1. The van der Waals surface area contributed by atoms with E-state index < -0.39 is 0 Å². The minimum absolute atomic E-state index is 0.0892. The quantitative estimate of drug-likeness (QED) is 0.853. The fraction of sp³-hybridized carbons (Fsp3) is 0.250. The van der Waals surface area contributed by atoms with E-state index in [1.165, 1.54) is 0 Å². The van der Waals surface area contributed by atoms with Gasteiger partial charge in [0.1, 0.15) is 4.64 Å². The predicted octanol–water partition coefficient (Wildman–Crippen LogP) is 3.72. The van der Waals surface area contributed by atoms with E-state index in [1.54, 1.807) is 0 Å². The van der Waals surface area contributed by atoms with Crippen molar-refractivity contribution >= 4 is 18.1 Å². The second-order valence-corrected chi connectivity index (χ2v) is 5.39. The molecule has 0 unspecified atom stereocenters. The molecule has 2 heterocycles. The van der Waals surface area contributed by atoms with Crippen LogP contribution in [0.15, 0.2) is 48.7 Å². The summed E-state index contributed by atoms with van der Waals surface area (Å²) in [6.45, 7) is 0.794. The molecule has 1 aromatic heterocycles. The van der Waals surface area contributed by atoms with E-state index in [1.807, 2.05) is 53.6 Å². The van der Waals surface area contributed by atoms with E-state index in [0.717, 1.165) is 35.2 Å². The lowest BCUT2D eigenvalue weighted by Gasteiger charge is -2.25. The fourth-order valence-electron chi connectivity index (χ4n) is 2.78. The highest BCUT2D eigenvalue weighted by Crippen LogP contribution is 2.33. The second kappa shape index (κ2) is 5.59. The minimum atomic E-state index is 0.0892. The maximum absolute atomic E-state index is 12.6. The summed E-state index contributed by atoms with van der Waals surface area (Å²) in [5.41, 5.74) is 1.79. The van der Waals surface area contributed by atoms with Gasteiger partial charge >= 0.3 is 0 Å². The van der Waals surface area contributed by atoms with Crippen LogP contribution in [0.25, 0.3) is 0 Å². The maximum Gasteiger partial charge on any atom is 0.254 e. The number of hydrogen-bond donors (Lipinski definition) is 1. The van der Waals surface area contributed by atoms with Crippen LogP contribution in [0.5, 0.6) is 0 Å². The van der Waals surface area contributed by atoms with E-state index in [9.17, 15) is 4.79 Å². The van der Waals surface area contributed by atoms with Gasteiger partial charge in [0.2, 0.25) is 0 Å². The molecule has 102 valence electrons. The first kappa shape index (κ1) is 13.1. The zero-order chi connectivity index (χ0) is 13.9. The van der Waals surface area contributed by atoms with Crippen LogP contribution in [0.2, 0.25) is 0 Å². The molecule has 4 heteroatoms. The molecule has 2 aromatic rings. The van der Waals surface area contributed by atoms with Crippen LogP contribution in [-0.2, 0) is 0 Å². The normalized spacial score (nSPS) is 18.2. The molecule has 20 heavy (non-hydrogen) atoms. The monoisotopic (exact) mass is 284 g/mol. The van der Waals surface area contributed by atoms with Crippen molar-refractivity contribution in [3.05, 3.63) is 64.4 Å². The summed E-state index contributed by atoms with van der Waals surface area (Å²) in [5.74, 6) is 0.0892. The standard InChI is InChI=1S/C16H16N2OS/c19-16(12-6-2-1-3-7-12)18-11-5-9-14(18)13-8-4-10-17-15(13)20/h1-4,6-8,10,14H,5,9,11H2,(H,17,20)/t14-/m1/s1. The zero-order valence-corrected chi connectivity index (χ0v) is 11.9. The molecule has 3 rings (SSSR count). The van der Waals surface area contributed by atoms with Crippen molar-refractivity contribution in [2.45, 2.75) is 18.9 Å². The minimum Gasteiger partial charge on any atom is -0.353 e. The lowest BCUT2D eigenvalue weighted by Crippen LogP contribution is -2.30. The van der Waals surface area contributed by atoms with Gasteiger partial charge < -0.3 is 9.88 Å². The Morgan fingerprint density at radius 3 is 2.75 bits per heavy atom. The second-order valence-electron chi connectivity index (χ2n) is 4.98. The highest BCUT2D eigenvalue weighted by Gasteiger charge is 2.31. The summed E-state index contributed by atoms with van der Waals surface area (Å²) in [6, 6.07) is 13.5. The molecule has 1 atom stereocenters. The molecule has 1 amide bonds. The molecule has 1 saturated heterocycles. The number of hydrogen-bond acceptors (Lipinski definition) is 2. The number of nitrogens with zero attached hydrogens (tertiary/aromatic N) is 1. The third-order valence-electron chi connectivity index (χ3n) is 3.74. The molecule has 1 N–H and O–H groups in total. The van der Waals surface area contributed by atoms with Crippen molar-refractivity contribution in [1.82, 2.24) is 9.88 Å². The summed E-state index contributed by atoms with van der Waals surface area (Å²) in [6.07, 6.45) is 3.82. The molecule has 0 spiro atoms. The van der Waals surface area contributed by atoms with Gasteiger partial charge in [0.15, 0.2) is 0 Å². The SMILES string of the molecule is O=C(c1ccccc1)N1CCC[C@@H]1c1ccc[nH]c1=S. The number of amides is 1. The molecule has 0 bridgehead atoms. The highest BCUT2D eigenvalue weighted by atomic mass is 32.1. The van der Waals surface area contributed by atoms with E-state index in [2.05, 4.69) is 4.98 Å². The van der Waals surface area contributed by atoms with Crippen LogP contribution >= 0.6 is 12.2 Å². The number of pyridine rings is 1. The summed E-state index contributed by atoms with van der Waals surface area (Å²) >= 11 is 5.35. The molecule has 0 saturated carbocycles. The number of nitrogens with one attached hydrogen (secondary N) is 1. The molecule has 0 radical (unpaired) electrons. The van der Waals surface area contributed by atoms with Crippen molar-refractivity contribution in [1.29, 1.82) is 0 Å². The Morgan fingerprint density at radius 1 is 1.20 bits per heavy atom. The number of carbonyl (C=O) groups is 1. The molecule has 0 aliphatic carbocycles. The molecular formula is C16H16N2OS. The number of carbonyl (C=O) groups excluding carboxylic acids is 1. The van der Waals surface area contributed by atoms with E-state index in [0.29, 0.717) is 0 Å². The number of benzene rings is 1. The van der Waals surface area contributed by atoms with Gasteiger partial charge in [-0.3, -0.25) is 4.79 Å². The van der Waals surface area contributed by atoms with Gasteiger partial charge in [-0.2, -0.15) is 0 Å². The Kier molecular flexibility index (Phi) is 3.65. The third-order valence-corrected chi connectivity index (χ3v) is 4.10. The van der Waals surface area contributed by atoms with Gasteiger partial charge in [-0.15, -0.1) is 0 Å². The Labute approximate surface area is 123 Å². The highest BCUT2D eigenvalue weighted by molar-refractivity contribution is 7.71. The van der Waals surface area contributed by atoms with Gasteiger partial charge in [-0.05, 0) is 31.0 Å². The van der Waals surface area contributed by atoms with Crippen molar-refractivity contribution in [2.75, 3.05) is 6.54 Å². The Bertz CT molecular complexity index is 665. The predicted molar refractivity (Wildman–Crippen MR) is 81.1 cm³/mol. The summed E-state index contributed by atoms with van der Waals surface area (Å²) in [4.78, 5) is 17.6. The topological polar surface area (TPSA) is 36.1 Å². The molecular weight excluding hydrogens is 268 g/mol. The number of likely N-dealkylation sites (tertiary alicyclic amines) is 1. The average molecular weight is 284 g/mol. The van der Waals surface area contributed by atoms with Crippen LogP contribution < -0.4 is 0 Å². The van der Waals surface area contributed by atoms with Crippen molar-refractivity contribution in [3.63, 3.8) is 0 Å². The van der Waals surface area contributed by atoms with Crippen molar-refractivity contribution in [2.24, 2.45) is 0 Å². The first-order valence-electron chi connectivity index (χ1n) is 6.81. The van der Waals surface area contributed by atoms with E-state index in [-0.39, 0.29) is 11.9 Å². The Morgan fingerprint density at radius 2 is 2.00 bits per heavy atom. The van der Waals surface area contributed by atoms with Gasteiger partial charge in [-0.25, -0.2) is 0 Å². The lowest BCUT2D eigenvalue weighted by molar-refractivity contribution is 0.0735. The Hall–Kier alpha value is -1.94. The van der Waals surface area contributed by atoms with Crippen LogP contribution in [0, 0.1) is 4.64 Å². The summed E-state index contributed by atoms with van der Waals surface area (Å²) in [7, 11) is 0. The largest absolute Gasteiger partial charge is 0.353 e. The Balaban J connectivity index is 1.92. The van der Waals surface area contributed by atoms with Gasteiger partial charge in [-0.1, -0.05) is 36.5 Å². The van der Waals surface area contributed by atoms with Crippen LogP contribution in [0.3, 0.4) is 0 Å².